The lowest BCUT2D eigenvalue weighted by atomic mass is 9.85. The Bertz CT molecular complexity index is 757. The molecule has 2 rings (SSSR count). The van der Waals surface area contributed by atoms with Gasteiger partial charge in [0.1, 0.15) is 11.9 Å². The molecule has 0 radical (unpaired) electrons. The summed E-state index contributed by atoms with van der Waals surface area (Å²) in [4.78, 5) is 23.9. The van der Waals surface area contributed by atoms with Crippen molar-refractivity contribution in [2.24, 2.45) is 20.0 Å². The van der Waals surface area contributed by atoms with Crippen LogP contribution in [0.2, 0.25) is 0 Å². The van der Waals surface area contributed by atoms with Crippen molar-refractivity contribution < 1.29 is 13.2 Å². The Morgan fingerprint density at radius 2 is 1.87 bits per heavy atom. The first-order chi connectivity index (χ1) is 10.7. The maximum Gasteiger partial charge on any atom is 0.391 e. The minimum absolute atomic E-state index is 0.0200. The Morgan fingerprint density at radius 1 is 1.22 bits per heavy atom. The number of nitrogens with one attached hydrogen (secondary N) is 1. The van der Waals surface area contributed by atoms with Gasteiger partial charge in [-0.1, -0.05) is 6.42 Å². The average Bonchev–Trinajstić information content (AvgIpc) is 2.50. The molecular weight excluding hydrogens is 313 g/mol. The van der Waals surface area contributed by atoms with Gasteiger partial charge in [0.25, 0.3) is 5.56 Å². The number of alkyl halides is 3. The molecule has 1 aromatic rings. The first kappa shape index (κ1) is 17.1. The molecule has 126 valence electrons. The van der Waals surface area contributed by atoms with E-state index in [0.29, 0.717) is 12.8 Å². The van der Waals surface area contributed by atoms with E-state index in [9.17, 15) is 22.8 Å². The number of halogens is 3. The van der Waals surface area contributed by atoms with Crippen LogP contribution in [0.15, 0.2) is 9.59 Å². The smallest absolute Gasteiger partial charge is 0.367 e. The zero-order valence-electron chi connectivity index (χ0n) is 12.8. The van der Waals surface area contributed by atoms with Crippen LogP contribution in [0.5, 0.6) is 0 Å². The summed E-state index contributed by atoms with van der Waals surface area (Å²) in [6.07, 6.45) is -3.46. The van der Waals surface area contributed by atoms with Crippen LogP contribution < -0.4 is 16.6 Å². The lowest BCUT2D eigenvalue weighted by Gasteiger charge is -2.32. The Morgan fingerprint density at radius 3 is 2.43 bits per heavy atom. The number of anilines is 1. The van der Waals surface area contributed by atoms with Crippen LogP contribution in [-0.4, -0.2) is 21.4 Å². The number of hydrogen-bond acceptors (Lipinski definition) is 4. The quantitative estimate of drug-likeness (QED) is 0.891. The number of rotatable bonds is 2. The van der Waals surface area contributed by atoms with Crippen molar-refractivity contribution in [3.05, 3.63) is 26.4 Å². The van der Waals surface area contributed by atoms with E-state index in [2.05, 4.69) is 5.32 Å². The molecule has 0 aliphatic heterocycles. The number of nitrogens with zero attached hydrogens (tertiary/aromatic N) is 3. The Labute approximate surface area is 130 Å². The Hall–Kier alpha value is -2.24. The molecule has 0 unspecified atom stereocenters. The van der Waals surface area contributed by atoms with Gasteiger partial charge in [-0.05, 0) is 19.3 Å². The molecule has 9 heteroatoms. The molecule has 2 atom stereocenters. The van der Waals surface area contributed by atoms with E-state index in [1.165, 1.54) is 14.1 Å². The highest BCUT2D eigenvalue weighted by Gasteiger charge is 2.42. The molecule has 23 heavy (non-hydrogen) atoms. The van der Waals surface area contributed by atoms with E-state index in [1.54, 1.807) is 6.07 Å². The standard InChI is InChI=1S/C14H17F3N4O2/c1-20-11(10(7-18)12(22)21(2)13(20)23)19-9-5-3-4-8(6-9)14(15,16)17/h8-9,19H,3-6H2,1-2H3/t8-,9+/m0/s1. The summed E-state index contributed by atoms with van der Waals surface area (Å²) in [7, 11) is 2.62. The fraction of sp³-hybridized carbons (Fsp3) is 0.643. The van der Waals surface area contributed by atoms with Crippen molar-refractivity contribution in [1.29, 1.82) is 5.26 Å². The van der Waals surface area contributed by atoms with Crippen molar-refractivity contribution in [3.8, 4) is 6.07 Å². The molecule has 1 aromatic heterocycles. The zero-order chi connectivity index (χ0) is 17.4. The average molecular weight is 330 g/mol. The summed E-state index contributed by atoms with van der Waals surface area (Å²) in [5.74, 6) is -1.43. The fourth-order valence-electron chi connectivity index (χ4n) is 2.93. The largest absolute Gasteiger partial charge is 0.391 e. The third-order valence-electron chi connectivity index (χ3n) is 4.25. The minimum atomic E-state index is -4.27. The molecule has 0 bridgehead atoms. The molecule has 1 saturated carbocycles. The lowest BCUT2D eigenvalue weighted by Crippen LogP contribution is -2.42. The van der Waals surface area contributed by atoms with Crippen molar-refractivity contribution in [2.45, 2.75) is 37.9 Å². The second-order valence-corrected chi connectivity index (χ2v) is 5.79. The van der Waals surface area contributed by atoms with Crippen LogP contribution in [0.25, 0.3) is 0 Å². The van der Waals surface area contributed by atoms with Gasteiger partial charge in [-0.2, -0.15) is 18.4 Å². The van der Waals surface area contributed by atoms with Crippen LogP contribution in [0.3, 0.4) is 0 Å². The first-order valence-corrected chi connectivity index (χ1v) is 7.20. The van der Waals surface area contributed by atoms with E-state index < -0.39 is 29.4 Å². The highest BCUT2D eigenvalue weighted by atomic mass is 19.4. The first-order valence-electron chi connectivity index (χ1n) is 7.20. The van der Waals surface area contributed by atoms with Gasteiger partial charge in [-0.3, -0.25) is 13.9 Å². The summed E-state index contributed by atoms with van der Waals surface area (Å²) < 4.78 is 40.5. The van der Waals surface area contributed by atoms with E-state index in [0.717, 1.165) is 9.13 Å². The topological polar surface area (TPSA) is 79.8 Å². The Kier molecular flexibility index (Phi) is 4.54. The summed E-state index contributed by atoms with van der Waals surface area (Å²) in [6, 6.07) is 1.18. The van der Waals surface area contributed by atoms with Crippen molar-refractivity contribution in [3.63, 3.8) is 0 Å². The number of hydrogen-bond donors (Lipinski definition) is 1. The minimum Gasteiger partial charge on any atom is -0.367 e. The molecule has 1 aliphatic carbocycles. The highest BCUT2D eigenvalue weighted by molar-refractivity contribution is 5.51. The molecule has 6 nitrogen and oxygen atoms in total. The van der Waals surface area contributed by atoms with Crippen molar-refractivity contribution in [1.82, 2.24) is 9.13 Å². The summed E-state index contributed by atoms with van der Waals surface area (Å²) in [5.41, 5.74) is -1.68. The van der Waals surface area contributed by atoms with Gasteiger partial charge in [-0.15, -0.1) is 0 Å². The maximum atomic E-state index is 12.9. The lowest BCUT2D eigenvalue weighted by molar-refractivity contribution is -0.182. The third kappa shape index (κ3) is 3.25. The SMILES string of the molecule is Cn1c(N[C@@H]2CCC[C@H](C(F)(F)F)C2)c(C#N)c(=O)n(C)c1=O. The van der Waals surface area contributed by atoms with Crippen LogP contribution in [0, 0.1) is 17.2 Å². The van der Waals surface area contributed by atoms with Gasteiger partial charge in [0, 0.05) is 20.1 Å². The van der Waals surface area contributed by atoms with Crippen molar-refractivity contribution >= 4 is 5.82 Å². The second-order valence-electron chi connectivity index (χ2n) is 5.79. The number of aromatic nitrogens is 2. The van der Waals surface area contributed by atoms with E-state index in [4.69, 9.17) is 5.26 Å². The van der Waals surface area contributed by atoms with Gasteiger partial charge in [0.05, 0.1) is 5.92 Å². The van der Waals surface area contributed by atoms with Crippen LogP contribution in [0.1, 0.15) is 31.2 Å². The molecule has 1 heterocycles. The molecule has 0 aromatic carbocycles. The molecule has 1 N–H and O–H groups in total. The highest BCUT2D eigenvalue weighted by Crippen LogP contribution is 2.38. The van der Waals surface area contributed by atoms with Gasteiger partial charge in [0.2, 0.25) is 0 Å². The predicted octanol–water partition coefficient (Wildman–Crippen LogP) is 1.49. The molecule has 0 amide bonds. The predicted molar refractivity (Wildman–Crippen MR) is 77.1 cm³/mol. The van der Waals surface area contributed by atoms with Gasteiger partial charge >= 0.3 is 11.9 Å². The normalized spacial score (nSPS) is 21.7. The zero-order valence-corrected chi connectivity index (χ0v) is 12.8. The number of nitriles is 1. The van der Waals surface area contributed by atoms with Gasteiger partial charge in [-0.25, -0.2) is 4.79 Å². The summed E-state index contributed by atoms with van der Waals surface area (Å²) >= 11 is 0. The summed E-state index contributed by atoms with van der Waals surface area (Å²) in [5, 5.41) is 12.0. The van der Waals surface area contributed by atoms with E-state index >= 15 is 0 Å². The maximum absolute atomic E-state index is 12.9. The molecular formula is C14H17F3N4O2. The van der Waals surface area contributed by atoms with E-state index in [-0.39, 0.29) is 24.2 Å². The summed E-state index contributed by atoms with van der Waals surface area (Å²) in [6.45, 7) is 0. The molecule has 1 aliphatic rings. The Balaban J connectivity index is 2.36. The molecule has 0 saturated heterocycles. The third-order valence-corrected chi connectivity index (χ3v) is 4.25. The van der Waals surface area contributed by atoms with Gasteiger partial charge in [0.15, 0.2) is 5.56 Å². The fourth-order valence-corrected chi connectivity index (χ4v) is 2.93. The van der Waals surface area contributed by atoms with Gasteiger partial charge < -0.3 is 5.32 Å². The second kappa shape index (κ2) is 6.10. The monoisotopic (exact) mass is 330 g/mol. The van der Waals surface area contributed by atoms with Crippen LogP contribution in [0.4, 0.5) is 19.0 Å². The molecule has 1 fully saturated rings. The van der Waals surface area contributed by atoms with Crippen LogP contribution in [-0.2, 0) is 14.1 Å². The van der Waals surface area contributed by atoms with Crippen molar-refractivity contribution in [2.75, 3.05) is 5.32 Å². The van der Waals surface area contributed by atoms with E-state index in [1.807, 2.05) is 0 Å². The molecule has 0 spiro atoms. The van der Waals surface area contributed by atoms with Crippen LogP contribution >= 0.6 is 0 Å².